The largest absolute Gasteiger partial charge is 0.452 e. The number of fused-ring (bicyclic) bond motifs is 1. The van der Waals surface area contributed by atoms with Gasteiger partial charge in [0, 0.05) is 12.3 Å². The minimum Gasteiger partial charge on any atom is -0.452 e. The lowest BCUT2D eigenvalue weighted by Gasteiger charge is -2.48. The molecular formula is C24H19Cl3N2O7S. The molecule has 9 nitrogen and oxygen atoms in total. The Bertz CT molecular complexity index is 1190. The first-order valence-corrected chi connectivity index (χ1v) is 13.0. The van der Waals surface area contributed by atoms with Crippen molar-refractivity contribution in [2.75, 3.05) is 18.9 Å². The SMILES string of the molecule is O=C(NC(=O)C(Cl)(Cl)Cl)OCC1(C(=O)OC(c2ccccc2)c2ccccc2)CS[C@@H]2C(=O)C(=O)N2C1. The van der Waals surface area contributed by atoms with E-state index < -0.39 is 57.0 Å². The number of alkyl halides is 3. The number of nitrogens with one attached hydrogen (secondary N) is 1. The van der Waals surface area contributed by atoms with Crippen molar-refractivity contribution in [2.24, 2.45) is 5.41 Å². The topological polar surface area (TPSA) is 119 Å². The van der Waals surface area contributed by atoms with E-state index in [4.69, 9.17) is 44.3 Å². The number of thioether (sulfide) groups is 1. The number of esters is 1. The number of amides is 3. The molecule has 2 aromatic carbocycles. The summed E-state index contributed by atoms with van der Waals surface area (Å²) in [6.07, 6.45) is -2.06. The van der Waals surface area contributed by atoms with Gasteiger partial charge in [-0.05, 0) is 11.1 Å². The van der Waals surface area contributed by atoms with Crippen molar-refractivity contribution in [3.8, 4) is 0 Å². The van der Waals surface area contributed by atoms with E-state index in [-0.39, 0.29) is 12.3 Å². The molecule has 4 rings (SSSR count). The average molecular weight is 586 g/mol. The highest BCUT2D eigenvalue weighted by Gasteiger charge is 2.58. The van der Waals surface area contributed by atoms with Crippen molar-refractivity contribution in [3.05, 3.63) is 71.8 Å². The molecule has 1 unspecified atom stereocenters. The van der Waals surface area contributed by atoms with Gasteiger partial charge >= 0.3 is 12.1 Å². The number of rotatable bonds is 6. The third kappa shape index (κ3) is 5.87. The van der Waals surface area contributed by atoms with Crippen LogP contribution >= 0.6 is 46.6 Å². The van der Waals surface area contributed by atoms with Crippen molar-refractivity contribution in [1.82, 2.24) is 10.2 Å². The van der Waals surface area contributed by atoms with Crippen LogP contribution in [0, 0.1) is 5.41 Å². The van der Waals surface area contributed by atoms with Crippen molar-refractivity contribution < 1.29 is 33.4 Å². The molecule has 0 aromatic heterocycles. The second kappa shape index (κ2) is 10.9. The Morgan fingerprint density at radius 3 is 2.14 bits per heavy atom. The Labute approximate surface area is 230 Å². The monoisotopic (exact) mass is 584 g/mol. The number of carbonyl (C=O) groups is 5. The van der Waals surface area contributed by atoms with Crippen LogP contribution in [0.1, 0.15) is 17.2 Å². The molecule has 1 N–H and O–H groups in total. The maximum atomic E-state index is 13.7. The van der Waals surface area contributed by atoms with Gasteiger partial charge in [-0.1, -0.05) is 95.5 Å². The molecule has 194 valence electrons. The fourth-order valence-corrected chi connectivity index (χ4v) is 5.36. The normalized spacial score (nSPS) is 21.1. The van der Waals surface area contributed by atoms with Crippen LogP contribution < -0.4 is 5.32 Å². The van der Waals surface area contributed by atoms with E-state index in [1.807, 2.05) is 12.1 Å². The van der Waals surface area contributed by atoms with Gasteiger partial charge in [-0.3, -0.25) is 24.5 Å². The second-order valence-electron chi connectivity index (χ2n) is 8.38. The summed E-state index contributed by atoms with van der Waals surface area (Å²) in [5.41, 5.74) is -0.152. The summed E-state index contributed by atoms with van der Waals surface area (Å²) in [5, 5.41) is 1.05. The predicted octanol–water partition coefficient (Wildman–Crippen LogP) is 3.41. The first-order chi connectivity index (χ1) is 17.5. The first-order valence-electron chi connectivity index (χ1n) is 10.8. The summed E-state index contributed by atoms with van der Waals surface area (Å²) >= 11 is 17.4. The van der Waals surface area contributed by atoms with Crippen LogP contribution in [0.15, 0.2) is 60.7 Å². The van der Waals surface area contributed by atoms with Gasteiger partial charge in [0.1, 0.15) is 17.4 Å². The molecule has 2 aliphatic heterocycles. The van der Waals surface area contributed by atoms with Crippen LogP contribution in [0.4, 0.5) is 4.79 Å². The maximum Gasteiger partial charge on any atom is 0.413 e. The van der Waals surface area contributed by atoms with Gasteiger partial charge in [-0.25, -0.2) is 4.79 Å². The fourth-order valence-electron chi connectivity index (χ4n) is 3.85. The Hall–Kier alpha value is -2.79. The first kappa shape index (κ1) is 27.3. The highest BCUT2D eigenvalue weighted by atomic mass is 35.6. The summed E-state index contributed by atoms with van der Waals surface area (Å²) in [4.78, 5) is 63.1. The number of hydrogen-bond donors (Lipinski definition) is 1. The van der Waals surface area contributed by atoms with Gasteiger partial charge in [-0.15, -0.1) is 11.8 Å². The van der Waals surface area contributed by atoms with Gasteiger partial charge in [0.25, 0.3) is 21.4 Å². The fraction of sp³-hybridized carbons (Fsp3) is 0.292. The number of hydrogen-bond acceptors (Lipinski definition) is 8. The predicted molar refractivity (Wildman–Crippen MR) is 136 cm³/mol. The van der Waals surface area contributed by atoms with Crippen LogP contribution in [0.5, 0.6) is 0 Å². The number of nitrogens with zero attached hydrogens (tertiary/aromatic N) is 1. The molecule has 0 saturated carbocycles. The van der Waals surface area contributed by atoms with E-state index in [0.29, 0.717) is 11.1 Å². The Kier molecular flexibility index (Phi) is 8.03. The highest BCUT2D eigenvalue weighted by molar-refractivity contribution is 8.01. The molecule has 0 radical (unpaired) electrons. The number of alkyl carbamates (subject to hydrolysis) is 1. The zero-order valence-corrected chi connectivity index (χ0v) is 22.0. The number of ether oxygens (including phenoxy) is 2. The second-order valence-corrected chi connectivity index (χ2v) is 11.7. The molecule has 13 heteroatoms. The Balaban J connectivity index is 1.58. The van der Waals surface area contributed by atoms with Crippen molar-refractivity contribution in [1.29, 1.82) is 0 Å². The molecule has 2 aromatic rings. The van der Waals surface area contributed by atoms with Crippen LogP contribution in [0.25, 0.3) is 0 Å². The highest BCUT2D eigenvalue weighted by Crippen LogP contribution is 2.42. The molecule has 2 atom stereocenters. The van der Waals surface area contributed by atoms with Crippen LogP contribution in [0.2, 0.25) is 0 Å². The van der Waals surface area contributed by atoms with E-state index in [2.05, 4.69) is 0 Å². The smallest absolute Gasteiger partial charge is 0.413 e. The van der Waals surface area contributed by atoms with Gasteiger partial charge < -0.3 is 14.4 Å². The summed E-state index contributed by atoms with van der Waals surface area (Å²) < 4.78 is 8.73. The van der Waals surface area contributed by atoms with E-state index >= 15 is 0 Å². The summed E-state index contributed by atoms with van der Waals surface area (Å²) in [6.45, 7) is -0.797. The molecule has 0 bridgehead atoms. The number of β-lactam (4-membered cyclic amide) rings is 1. The van der Waals surface area contributed by atoms with Gasteiger partial charge in [-0.2, -0.15) is 0 Å². The van der Waals surface area contributed by atoms with Gasteiger partial charge in [0.05, 0.1) is 0 Å². The number of benzene rings is 2. The quantitative estimate of drug-likeness (QED) is 0.237. The molecule has 37 heavy (non-hydrogen) atoms. The molecule has 2 fully saturated rings. The van der Waals surface area contributed by atoms with E-state index in [1.54, 1.807) is 53.8 Å². The van der Waals surface area contributed by atoms with Crippen molar-refractivity contribution >= 4 is 76.2 Å². The summed E-state index contributed by atoms with van der Waals surface area (Å²) in [5.74, 6) is -3.30. The third-order valence-electron chi connectivity index (χ3n) is 5.78. The zero-order chi connectivity index (χ0) is 26.8. The lowest BCUT2D eigenvalue weighted by Crippen LogP contribution is -2.68. The summed E-state index contributed by atoms with van der Waals surface area (Å²) in [7, 11) is 0. The zero-order valence-electron chi connectivity index (χ0n) is 18.9. The van der Waals surface area contributed by atoms with Crippen molar-refractivity contribution in [3.63, 3.8) is 0 Å². The molecule has 2 saturated heterocycles. The van der Waals surface area contributed by atoms with Crippen LogP contribution in [-0.2, 0) is 28.7 Å². The Morgan fingerprint density at radius 2 is 1.59 bits per heavy atom. The van der Waals surface area contributed by atoms with E-state index in [1.165, 1.54) is 4.90 Å². The minimum absolute atomic E-state index is 0.00794. The molecule has 3 amide bonds. The summed E-state index contributed by atoms with van der Waals surface area (Å²) in [6, 6.07) is 18.0. The number of Topliss-reactive ketones (excluding diaryl/α,β-unsaturated/α-hetero) is 1. The van der Waals surface area contributed by atoms with E-state index in [0.717, 1.165) is 11.8 Å². The van der Waals surface area contributed by atoms with Crippen molar-refractivity contribution in [2.45, 2.75) is 15.3 Å². The van der Waals surface area contributed by atoms with Crippen LogP contribution in [0.3, 0.4) is 0 Å². The lowest BCUT2D eigenvalue weighted by atomic mass is 9.88. The third-order valence-corrected chi connectivity index (χ3v) is 7.80. The van der Waals surface area contributed by atoms with E-state index in [9.17, 15) is 24.0 Å². The lowest BCUT2D eigenvalue weighted by molar-refractivity contribution is -0.169. The molecule has 2 aliphatic rings. The number of imide groups is 1. The standard InChI is InChI=1S/C24H19Cl3N2O7S/c25-24(26,27)20(32)28-22(34)35-12-23(11-29-18(31)16(30)19(29)37-13-23)21(33)36-17(14-7-3-1-4-8-14)15-9-5-2-6-10-15/h1-10,17,19H,11-13H2,(H,28,32,34)/t19-,23?/m1/s1. The number of ketones is 1. The van der Waals surface area contributed by atoms with Gasteiger partial charge in [0.15, 0.2) is 6.10 Å². The minimum atomic E-state index is -2.41. The van der Waals surface area contributed by atoms with Gasteiger partial charge in [0.2, 0.25) is 0 Å². The molecule has 2 heterocycles. The molecule has 0 spiro atoms. The number of halogens is 3. The molecule has 0 aliphatic carbocycles. The maximum absolute atomic E-state index is 13.7. The molecular weight excluding hydrogens is 567 g/mol. The number of carbonyl (C=O) groups excluding carboxylic acids is 5. The average Bonchev–Trinajstić information content (AvgIpc) is 2.90. The Morgan fingerprint density at radius 1 is 1.03 bits per heavy atom. The van der Waals surface area contributed by atoms with Crippen LogP contribution in [-0.4, -0.2) is 62.6 Å².